The zero-order valence-electron chi connectivity index (χ0n) is 10.1. The average Bonchev–Trinajstić information content (AvgIpc) is 2.24. The first-order chi connectivity index (χ1) is 8.31. The summed E-state index contributed by atoms with van der Waals surface area (Å²) in [5.41, 5.74) is 6.05. The first-order valence-electron chi connectivity index (χ1n) is 5.52. The Labute approximate surface area is 115 Å². The van der Waals surface area contributed by atoms with Crippen LogP contribution in [0.25, 0.3) is 0 Å². The highest BCUT2D eigenvalue weighted by Gasteiger charge is 2.16. The molecule has 0 spiro atoms. The lowest BCUT2D eigenvalue weighted by molar-refractivity contribution is -0.117. The molecule has 1 aromatic carbocycles. The van der Waals surface area contributed by atoms with Crippen molar-refractivity contribution in [2.24, 2.45) is 11.7 Å². The minimum atomic E-state index is -0.706. The predicted octanol–water partition coefficient (Wildman–Crippen LogP) is 3.44. The smallest absolute Gasteiger partial charge is 0.241 e. The van der Waals surface area contributed by atoms with Crippen LogP contribution in [0.2, 0.25) is 10.0 Å². The number of nitrogens with one attached hydrogen (secondary N) is 1. The fourth-order valence-electron chi connectivity index (χ4n) is 1.48. The van der Waals surface area contributed by atoms with Gasteiger partial charge in [0.1, 0.15) is 0 Å². The van der Waals surface area contributed by atoms with E-state index in [1.54, 1.807) is 0 Å². The number of benzene rings is 1. The molecule has 0 aliphatic rings. The van der Waals surface area contributed by atoms with E-state index in [-0.39, 0.29) is 16.0 Å². The fraction of sp³-hybridized carbons (Fsp3) is 0.417. The number of nitrogens with two attached hydrogens (primary N) is 1. The quantitative estimate of drug-likeness (QED) is 0.835. The third kappa shape index (κ3) is 4.12. The standard InChI is InChI=1S/C12H15Cl2FN2O/c1-6(2)3-10(16)12(18)17-7-4-8(13)11(15)9(14)5-7/h4-6,10H,3,16H2,1-2H3,(H,17,18). The first kappa shape index (κ1) is 15.2. The minimum absolute atomic E-state index is 0.143. The number of rotatable bonds is 4. The van der Waals surface area contributed by atoms with Gasteiger partial charge in [-0.2, -0.15) is 0 Å². The number of amides is 1. The molecule has 18 heavy (non-hydrogen) atoms. The second kappa shape index (κ2) is 6.36. The summed E-state index contributed by atoms with van der Waals surface area (Å²) in [6.45, 7) is 3.94. The third-order valence-electron chi connectivity index (χ3n) is 2.31. The van der Waals surface area contributed by atoms with Gasteiger partial charge in [0.2, 0.25) is 5.91 Å². The van der Waals surface area contributed by atoms with Crippen LogP contribution in [0.4, 0.5) is 10.1 Å². The Bertz CT molecular complexity index is 429. The maximum absolute atomic E-state index is 13.2. The van der Waals surface area contributed by atoms with Crippen LogP contribution in [-0.4, -0.2) is 11.9 Å². The molecule has 0 heterocycles. The van der Waals surface area contributed by atoms with Gasteiger partial charge in [-0.25, -0.2) is 4.39 Å². The maximum Gasteiger partial charge on any atom is 0.241 e. The van der Waals surface area contributed by atoms with E-state index in [9.17, 15) is 9.18 Å². The van der Waals surface area contributed by atoms with Gasteiger partial charge >= 0.3 is 0 Å². The van der Waals surface area contributed by atoms with E-state index >= 15 is 0 Å². The zero-order valence-corrected chi connectivity index (χ0v) is 11.6. The lowest BCUT2D eigenvalue weighted by Gasteiger charge is -2.14. The van der Waals surface area contributed by atoms with Crippen LogP contribution >= 0.6 is 23.2 Å². The fourth-order valence-corrected chi connectivity index (χ4v) is 1.96. The maximum atomic E-state index is 13.2. The number of anilines is 1. The van der Waals surface area contributed by atoms with Crippen molar-refractivity contribution in [2.45, 2.75) is 26.3 Å². The Morgan fingerprint density at radius 1 is 1.39 bits per heavy atom. The average molecular weight is 293 g/mol. The minimum Gasteiger partial charge on any atom is -0.325 e. The Balaban J connectivity index is 2.76. The molecule has 0 radical (unpaired) electrons. The van der Waals surface area contributed by atoms with E-state index in [1.807, 2.05) is 13.8 Å². The van der Waals surface area contributed by atoms with Crippen molar-refractivity contribution >= 4 is 34.8 Å². The van der Waals surface area contributed by atoms with E-state index in [1.165, 1.54) is 12.1 Å². The summed E-state index contributed by atoms with van der Waals surface area (Å²) in [6.07, 6.45) is 0.564. The monoisotopic (exact) mass is 292 g/mol. The molecule has 100 valence electrons. The molecule has 0 saturated carbocycles. The molecule has 0 saturated heterocycles. The summed E-state index contributed by atoms with van der Waals surface area (Å²) in [5.74, 6) is -0.739. The topological polar surface area (TPSA) is 55.1 Å². The Morgan fingerprint density at radius 2 is 1.89 bits per heavy atom. The van der Waals surface area contributed by atoms with Gasteiger partial charge in [0.15, 0.2) is 5.82 Å². The molecule has 0 fully saturated rings. The van der Waals surface area contributed by atoms with Crippen LogP contribution in [0.1, 0.15) is 20.3 Å². The molecule has 3 nitrogen and oxygen atoms in total. The molecule has 0 bridgehead atoms. The number of carbonyl (C=O) groups excluding carboxylic acids is 1. The lowest BCUT2D eigenvalue weighted by atomic mass is 10.0. The van der Waals surface area contributed by atoms with Crippen molar-refractivity contribution in [1.29, 1.82) is 0 Å². The second-order valence-corrected chi connectivity index (χ2v) is 5.29. The van der Waals surface area contributed by atoms with E-state index < -0.39 is 11.9 Å². The van der Waals surface area contributed by atoms with Gasteiger partial charge in [-0.05, 0) is 24.5 Å². The van der Waals surface area contributed by atoms with Gasteiger partial charge in [0.05, 0.1) is 16.1 Å². The molecular weight excluding hydrogens is 278 g/mol. The second-order valence-electron chi connectivity index (χ2n) is 4.48. The number of carbonyl (C=O) groups is 1. The Hall–Kier alpha value is -0.840. The summed E-state index contributed by atoms with van der Waals surface area (Å²) < 4.78 is 13.2. The lowest BCUT2D eigenvalue weighted by Crippen LogP contribution is -2.36. The van der Waals surface area contributed by atoms with Crippen molar-refractivity contribution in [1.82, 2.24) is 0 Å². The van der Waals surface area contributed by atoms with Crippen LogP contribution in [0.15, 0.2) is 12.1 Å². The number of hydrogen-bond donors (Lipinski definition) is 2. The molecule has 1 unspecified atom stereocenters. The molecule has 1 atom stereocenters. The van der Waals surface area contributed by atoms with Crippen molar-refractivity contribution in [3.63, 3.8) is 0 Å². The van der Waals surface area contributed by atoms with E-state index in [2.05, 4.69) is 5.32 Å². The first-order valence-corrected chi connectivity index (χ1v) is 6.27. The van der Waals surface area contributed by atoms with Crippen molar-refractivity contribution in [3.8, 4) is 0 Å². The van der Waals surface area contributed by atoms with Gasteiger partial charge in [-0.1, -0.05) is 37.0 Å². The molecule has 3 N–H and O–H groups in total. The Kier molecular flexibility index (Phi) is 5.38. The SMILES string of the molecule is CC(C)CC(N)C(=O)Nc1cc(Cl)c(F)c(Cl)c1. The third-order valence-corrected chi connectivity index (χ3v) is 2.86. The number of hydrogen-bond acceptors (Lipinski definition) is 2. The normalized spacial score (nSPS) is 12.6. The molecule has 1 aromatic rings. The van der Waals surface area contributed by atoms with Crippen LogP contribution < -0.4 is 11.1 Å². The molecule has 0 aliphatic carbocycles. The van der Waals surface area contributed by atoms with Crippen LogP contribution in [0.5, 0.6) is 0 Å². The molecule has 1 rings (SSSR count). The summed E-state index contributed by atoms with van der Waals surface area (Å²) in [5, 5.41) is 2.27. The molecular formula is C12H15Cl2FN2O. The zero-order chi connectivity index (χ0) is 13.9. The summed E-state index contributed by atoms with van der Waals surface area (Å²) >= 11 is 11.2. The van der Waals surface area contributed by atoms with Crippen LogP contribution in [0, 0.1) is 11.7 Å². The molecule has 6 heteroatoms. The molecule has 0 aromatic heterocycles. The van der Waals surface area contributed by atoms with E-state index in [4.69, 9.17) is 28.9 Å². The summed E-state index contributed by atoms with van der Waals surface area (Å²) in [7, 11) is 0. The van der Waals surface area contributed by atoms with Gasteiger partial charge in [-0.15, -0.1) is 0 Å². The Morgan fingerprint density at radius 3 is 2.33 bits per heavy atom. The van der Waals surface area contributed by atoms with Gasteiger partial charge in [-0.3, -0.25) is 4.79 Å². The highest BCUT2D eigenvalue weighted by Crippen LogP contribution is 2.27. The summed E-state index contributed by atoms with van der Waals surface area (Å²) in [4.78, 5) is 11.7. The van der Waals surface area contributed by atoms with Crippen LogP contribution in [0.3, 0.4) is 0 Å². The van der Waals surface area contributed by atoms with Crippen molar-refractivity contribution < 1.29 is 9.18 Å². The molecule has 0 aliphatic heterocycles. The largest absolute Gasteiger partial charge is 0.325 e. The predicted molar refractivity (Wildman–Crippen MR) is 72.5 cm³/mol. The van der Waals surface area contributed by atoms with Crippen LogP contribution in [-0.2, 0) is 4.79 Å². The van der Waals surface area contributed by atoms with Gasteiger partial charge < -0.3 is 11.1 Å². The number of halogens is 3. The van der Waals surface area contributed by atoms with Crippen molar-refractivity contribution in [3.05, 3.63) is 28.0 Å². The summed E-state index contributed by atoms with van der Waals surface area (Å²) in [6, 6.07) is 1.97. The van der Waals surface area contributed by atoms with Gasteiger partial charge in [0.25, 0.3) is 0 Å². The van der Waals surface area contributed by atoms with E-state index in [0.29, 0.717) is 18.0 Å². The van der Waals surface area contributed by atoms with E-state index in [0.717, 1.165) is 0 Å². The highest BCUT2D eigenvalue weighted by molar-refractivity contribution is 6.35. The highest BCUT2D eigenvalue weighted by atomic mass is 35.5. The molecule has 1 amide bonds. The van der Waals surface area contributed by atoms with Crippen molar-refractivity contribution in [2.75, 3.05) is 5.32 Å². The van der Waals surface area contributed by atoms with Gasteiger partial charge in [0, 0.05) is 5.69 Å².